The first-order valence-corrected chi connectivity index (χ1v) is 6.00. The zero-order valence-corrected chi connectivity index (χ0v) is 10.7. The van der Waals surface area contributed by atoms with Gasteiger partial charge in [0.2, 0.25) is 5.91 Å². The van der Waals surface area contributed by atoms with Gasteiger partial charge < -0.3 is 5.32 Å². The number of hydrogen-bond acceptors (Lipinski definition) is 3. The lowest BCUT2D eigenvalue weighted by molar-refractivity contribution is -0.127. The molecule has 19 heavy (non-hydrogen) atoms. The molecule has 1 aromatic carbocycles. The fraction of sp³-hybridized carbons (Fsp3) is 0.214. The van der Waals surface area contributed by atoms with Gasteiger partial charge in [0.25, 0.3) is 0 Å². The van der Waals surface area contributed by atoms with Gasteiger partial charge in [-0.15, -0.1) is 0 Å². The molecule has 0 bridgehead atoms. The highest BCUT2D eigenvalue weighted by atomic mass is 16.2. The van der Waals surface area contributed by atoms with Crippen molar-refractivity contribution in [1.82, 2.24) is 15.1 Å². The summed E-state index contributed by atoms with van der Waals surface area (Å²) in [6.07, 6.45) is 3.47. The molecular weight excluding hydrogens is 242 g/mol. The van der Waals surface area contributed by atoms with Crippen molar-refractivity contribution in [2.24, 2.45) is 0 Å². The largest absolute Gasteiger partial charge is 0.352 e. The molecule has 1 N–H and O–H groups in total. The van der Waals surface area contributed by atoms with Gasteiger partial charge in [0.15, 0.2) is 0 Å². The Labute approximate surface area is 111 Å². The number of ketones is 1. The average molecular weight is 257 g/mol. The van der Waals surface area contributed by atoms with Gasteiger partial charge in [-0.1, -0.05) is 18.2 Å². The van der Waals surface area contributed by atoms with Crippen molar-refractivity contribution in [3.63, 3.8) is 0 Å². The Balaban J connectivity index is 1.95. The molecule has 0 unspecified atom stereocenters. The van der Waals surface area contributed by atoms with E-state index in [-0.39, 0.29) is 18.1 Å². The molecule has 0 atom stereocenters. The maximum absolute atomic E-state index is 11.3. The van der Waals surface area contributed by atoms with E-state index >= 15 is 0 Å². The number of Topliss-reactive ketones (excluding diaryl/α,β-unsaturated/α-hetero) is 1. The van der Waals surface area contributed by atoms with E-state index < -0.39 is 0 Å². The van der Waals surface area contributed by atoms with Crippen molar-refractivity contribution in [3.05, 3.63) is 48.3 Å². The number of carbonyl (C=O) groups excluding carboxylic acids is 2. The monoisotopic (exact) mass is 257 g/mol. The fourth-order valence-electron chi connectivity index (χ4n) is 1.66. The van der Waals surface area contributed by atoms with Gasteiger partial charge in [0, 0.05) is 18.3 Å². The number of nitrogens with one attached hydrogen (secondary N) is 1. The quantitative estimate of drug-likeness (QED) is 0.825. The van der Waals surface area contributed by atoms with Crippen LogP contribution in [0.4, 0.5) is 0 Å². The SMILES string of the molecule is CC(=O)CC(=O)NCc1cnn(-c2ccccc2)c1. The first-order valence-electron chi connectivity index (χ1n) is 6.00. The van der Waals surface area contributed by atoms with Gasteiger partial charge in [0.1, 0.15) is 5.78 Å². The lowest BCUT2D eigenvalue weighted by Crippen LogP contribution is -2.24. The molecule has 5 heteroatoms. The number of carbonyl (C=O) groups is 2. The Kier molecular flexibility index (Phi) is 4.07. The molecule has 0 fully saturated rings. The second kappa shape index (κ2) is 5.95. The first kappa shape index (κ1) is 13.0. The average Bonchev–Trinajstić information content (AvgIpc) is 2.85. The van der Waals surface area contributed by atoms with Crippen molar-refractivity contribution in [2.75, 3.05) is 0 Å². The molecule has 2 aromatic rings. The summed E-state index contributed by atoms with van der Waals surface area (Å²) in [6, 6.07) is 9.71. The van der Waals surface area contributed by atoms with Crippen LogP contribution in [0.1, 0.15) is 18.9 Å². The van der Waals surface area contributed by atoms with E-state index in [0.29, 0.717) is 6.54 Å². The van der Waals surface area contributed by atoms with E-state index in [1.54, 1.807) is 10.9 Å². The third kappa shape index (κ3) is 3.77. The van der Waals surface area contributed by atoms with Gasteiger partial charge in [0.05, 0.1) is 18.3 Å². The maximum atomic E-state index is 11.3. The fourth-order valence-corrected chi connectivity index (χ4v) is 1.66. The Hall–Kier alpha value is -2.43. The second-order valence-corrected chi connectivity index (χ2v) is 4.28. The van der Waals surface area contributed by atoms with Crippen molar-refractivity contribution >= 4 is 11.7 Å². The molecule has 0 saturated carbocycles. The third-order valence-corrected chi connectivity index (χ3v) is 2.56. The summed E-state index contributed by atoms with van der Waals surface area (Å²) in [6.45, 7) is 1.77. The van der Waals surface area contributed by atoms with Crippen LogP contribution in [0.15, 0.2) is 42.7 Å². The van der Waals surface area contributed by atoms with Gasteiger partial charge in [-0.3, -0.25) is 9.59 Å². The minimum absolute atomic E-state index is 0.0766. The van der Waals surface area contributed by atoms with Crippen molar-refractivity contribution in [1.29, 1.82) is 0 Å². The molecule has 5 nitrogen and oxygen atoms in total. The Bertz CT molecular complexity index is 575. The highest BCUT2D eigenvalue weighted by Crippen LogP contribution is 2.07. The number of aromatic nitrogens is 2. The molecular formula is C14H15N3O2. The predicted molar refractivity (Wildman–Crippen MR) is 70.7 cm³/mol. The van der Waals surface area contributed by atoms with Crippen LogP contribution in [0, 0.1) is 0 Å². The lowest BCUT2D eigenvalue weighted by atomic mass is 10.3. The Morgan fingerprint density at radius 3 is 2.68 bits per heavy atom. The third-order valence-electron chi connectivity index (χ3n) is 2.56. The van der Waals surface area contributed by atoms with E-state index in [9.17, 15) is 9.59 Å². The molecule has 0 aliphatic carbocycles. The number of nitrogens with zero attached hydrogens (tertiary/aromatic N) is 2. The number of para-hydroxylation sites is 1. The van der Waals surface area contributed by atoms with Crippen LogP contribution < -0.4 is 5.32 Å². The molecule has 1 heterocycles. The molecule has 1 amide bonds. The van der Waals surface area contributed by atoms with Crippen LogP contribution in [0.2, 0.25) is 0 Å². The standard InChI is InChI=1S/C14H15N3O2/c1-11(18)7-14(19)15-8-12-9-16-17(10-12)13-5-3-2-4-6-13/h2-6,9-10H,7-8H2,1H3,(H,15,19). The normalized spacial score (nSPS) is 10.2. The molecule has 0 radical (unpaired) electrons. The molecule has 0 aliphatic heterocycles. The van der Waals surface area contributed by atoms with Crippen LogP contribution in [0.3, 0.4) is 0 Å². The summed E-state index contributed by atoms with van der Waals surface area (Å²) < 4.78 is 1.74. The molecule has 0 saturated heterocycles. The summed E-state index contributed by atoms with van der Waals surface area (Å²) in [5.41, 5.74) is 1.85. The highest BCUT2D eigenvalue weighted by molar-refractivity contribution is 5.96. The highest BCUT2D eigenvalue weighted by Gasteiger charge is 2.06. The van der Waals surface area contributed by atoms with E-state index in [1.165, 1.54) is 6.92 Å². The summed E-state index contributed by atoms with van der Waals surface area (Å²) in [7, 11) is 0. The van der Waals surface area contributed by atoms with Crippen LogP contribution in [0.5, 0.6) is 0 Å². The summed E-state index contributed by atoms with van der Waals surface area (Å²) in [5, 5.41) is 6.91. The maximum Gasteiger partial charge on any atom is 0.227 e. The van der Waals surface area contributed by atoms with Gasteiger partial charge in [-0.2, -0.15) is 5.10 Å². The number of rotatable bonds is 5. The van der Waals surface area contributed by atoms with Gasteiger partial charge >= 0.3 is 0 Å². The predicted octanol–water partition coefficient (Wildman–Crippen LogP) is 1.47. The number of benzene rings is 1. The smallest absolute Gasteiger partial charge is 0.227 e. The zero-order valence-electron chi connectivity index (χ0n) is 10.7. The van der Waals surface area contributed by atoms with E-state index in [2.05, 4.69) is 10.4 Å². The Morgan fingerprint density at radius 1 is 1.26 bits per heavy atom. The van der Waals surface area contributed by atoms with Crippen LogP contribution in [-0.4, -0.2) is 21.5 Å². The Morgan fingerprint density at radius 2 is 2.00 bits per heavy atom. The topological polar surface area (TPSA) is 64.0 Å². The van der Waals surface area contributed by atoms with Crippen molar-refractivity contribution in [2.45, 2.75) is 19.9 Å². The van der Waals surface area contributed by atoms with E-state index in [0.717, 1.165) is 11.3 Å². The van der Waals surface area contributed by atoms with Gasteiger partial charge in [-0.05, 0) is 19.1 Å². The van der Waals surface area contributed by atoms with Crippen molar-refractivity contribution in [3.8, 4) is 5.69 Å². The number of hydrogen-bond donors (Lipinski definition) is 1. The lowest BCUT2D eigenvalue weighted by Gasteiger charge is -2.01. The van der Waals surface area contributed by atoms with Gasteiger partial charge in [-0.25, -0.2) is 4.68 Å². The molecule has 98 valence electrons. The molecule has 1 aromatic heterocycles. The summed E-state index contributed by atoms with van der Waals surface area (Å²) in [5.74, 6) is -0.405. The molecule has 0 spiro atoms. The summed E-state index contributed by atoms with van der Waals surface area (Å²) in [4.78, 5) is 22.1. The molecule has 2 rings (SSSR count). The van der Waals surface area contributed by atoms with Crippen molar-refractivity contribution < 1.29 is 9.59 Å². The second-order valence-electron chi connectivity index (χ2n) is 4.28. The van der Waals surface area contributed by atoms with E-state index in [1.807, 2.05) is 36.5 Å². The first-order chi connectivity index (χ1) is 9.15. The van der Waals surface area contributed by atoms with Crippen LogP contribution >= 0.6 is 0 Å². The minimum atomic E-state index is -0.264. The minimum Gasteiger partial charge on any atom is -0.352 e. The van der Waals surface area contributed by atoms with Crippen LogP contribution in [-0.2, 0) is 16.1 Å². The zero-order chi connectivity index (χ0) is 13.7. The van der Waals surface area contributed by atoms with Crippen LogP contribution in [0.25, 0.3) is 5.69 Å². The van der Waals surface area contributed by atoms with E-state index in [4.69, 9.17) is 0 Å². The number of amides is 1. The summed E-state index contributed by atoms with van der Waals surface area (Å²) >= 11 is 0. The molecule has 0 aliphatic rings.